The highest BCUT2D eigenvalue weighted by Gasteiger charge is 2.21. The predicted octanol–water partition coefficient (Wildman–Crippen LogP) is 8.93. The van der Waals surface area contributed by atoms with Gasteiger partial charge in [0.1, 0.15) is 28.7 Å². The van der Waals surface area contributed by atoms with Gasteiger partial charge in [-0.3, -0.25) is 0 Å². The van der Waals surface area contributed by atoms with Crippen molar-refractivity contribution in [2.75, 3.05) is 0 Å². The van der Waals surface area contributed by atoms with Gasteiger partial charge in [-0.05, 0) is 101 Å². The van der Waals surface area contributed by atoms with Gasteiger partial charge in [-0.1, -0.05) is 84.9 Å². The van der Waals surface area contributed by atoms with Crippen molar-refractivity contribution in [1.82, 2.24) is 0 Å². The van der Waals surface area contributed by atoms with E-state index in [0.29, 0.717) is 62.1 Å². The molecule has 6 rings (SSSR count). The van der Waals surface area contributed by atoms with Crippen LogP contribution < -0.4 is 0 Å². The maximum atomic E-state index is 11.5. The lowest BCUT2D eigenvalue weighted by Crippen LogP contribution is -2.02. The van der Waals surface area contributed by atoms with E-state index < -0.39 is 0 Å². The third-order valence-electron chi connectivity index (χ3n) is 8.61. The average Bonchev–Trinajstić information content (AvgIpc) is 2.96. The van der Waals surface area contributed by atoms with Crippen molar-refractivity contribution in [1.29, 1.82) is 0 Å². The largest absolute Gasteiger partial charge is 0.507 e. The minimum atomic E-state index is 0.104. The lowest BCUT2D eigenvalue weighted by molar-refractivity contribution is 0.450. The molecule has 0 fully saturated rings. The Balaban J connectivity index is 1.60. The van der Waals surface area contributed by atoms with Crippen LogP contribution in [-0.4, -0.2) is 25.5 Å². The summed E-state index contributed by atoms with van der Waals surface area (Å²) in [7, 11) is 0. The number of phenolic OH excluding ortho intramolecular Hbond substituents is 5. The fourth-order valence-electron chi connectivity index (χ4n) is 6.61. The summed E-state index contributed by atoms with van der Waals surface area (Å²) in [6.07, 6.45) is 1.45. The Morgan fingerprint density at radius 2 is 0.489 bits per heavy atom. The standard InChI is InChI=1S/C38H34Br2O5/c1-19-4-22-10-23-5-20(2)7-25(35(23)42)12-29-16-33(40)18-31(38(29)45)14-27-9-21(3)8-26(36(27)43)13-30-17-32(39)15-28(37(30)44)11-24(6-19)34(22)41/h4-9,15-18,41-45H,10-14H2,1-3H3. The van der Waals surface area contributed by atoms with Gasteiger partial charge in [0.25, 0.3) is 0 Å². The predicted molar refractivity (Wildman–Crippen MR) is 184 cm³/mol. The van der Waals surface area contributed by atoms with E-state index in [1.807, 2.05) is 81.4 Å². The topological polar surface area (TPSA) is 101 Å². The fourth-order valence-corrected chi connectivity index (χ4v) is 7.72. The average molecular weight is 730 g/mol. The molecule has 1 aliphatic carbocycles. The van der Waals surface area contributed by atoms with Gasteiger partial charge >= 0.3 is 0 Å². The summed E-state index contributed by atoms with van der Waals surface area (Å²) < 4.78 is 1.55. The molecule has 0 spiro atoms. The summed E-state index contributed by atoms with van der Waals surface area (Å²) in [5.41, 5.74) is 9.39. The van der Waals surface area contributed by atoms with Crippen LogP contribution >= 0.6 is 31.9 Å². The number of hydrogen-bond donors (Lipinski definition) is 5. The third-order valence-corrected chi connectivity index (χ3v) is 9.52. The van der Waals surface area contributed by atoms with Gasteiger partial charge in [-0.25, -0.2) is 0 Å². The smallest absolute Gasteiger partial charge is 0.122 e. The Morgan fingerprint density at radius 1 is 0.333 bits per heavy atom. The van der Waals surface area contributed by atoms with Crippen LogP contribution in [0.3, 0.4) is 0 Å². The molecule has 0 saturated carbocycles. The zero-order chi connectivity index (χ0) is 32.2. The number of halogens is 2. The number of phenols is 5. The molecule has 0 saturated heterocycles. The van der Waals surface area contributed by atoms with E-state index in [4.69, 9.17) is 0 Å². The van der Waals surface area contributed by atoms with Gasteiger partial charge < -0.3 is 25.5 Å². The van der Waals surface area contributed by atoms with Crippen molar-refractivity contribution < 1.29 is 25.5 Å². The Bertz CT molecular complexity index is 1550. The molecular formula is C38H34Br2O5. The Morgan fingerprint density at radius 3 is 0.667 bits per heavy atom. The Kier molecular flexibility index (Phi) is 8.35. The molecule has 0 heterocycles. The van der Waals surface area contributed by atoms with E-state index >= 15 is 0 Å². The highest BCUT2D eigenvalue weighted by atomic mass is 79.9. The molecule has 0 radical (unpaired) electrons. The minimum absolute atomic E-state index is 0.104. The molecule has 0 aliphatic heterocycles. The zero-order valence-electron chi connectivity index (χ0n) is 25.3. The van der Waals surface area contributed by atoms with Crippen molar-refractivity contribution in [2.45, 2.75) is 52.9 Å². The van der Waals surface area contributed by atoms with Crippen LogP contribution in [0.2, 0.25) is 0 Å². The highest BCUT2D eigenvalue weighted by Crippen LogP contribution is 2.40. The molecule has 0 aromatic heterocycles. The van der Waals surface area contributed by atoms with E-state index in [9.17, 15) is 25.5 Å². The minimum Gasteiger partial charge on any atom is -0.507 e. The summed E-state index contributed by atoms with van der Waals surface area (Å²) in [5, 5.41) is 57.4. The molecule has 230 valence electrons. The molecule has 10 bridgehead atoms. The Labute approximate surface area is 279 Å². The molecule has 5 nitrogen and oxygen atoms in total. The van der Waals surface area contributed by atoms with Gasteiger partial charge in [-0.15, -0.1) is 0 Å². The summed E-state index contributed by atoms with van der Waals surface area (Å²) in [5.74, 6) is 0.557. The van der Waals surface area contributed by atoms with Crippen LogP contribution in [0.5, 0.6) is 28.7 Å². The SMILES string of the molecule is Cc1cc2c(O)c(c1)Cc1cc(Br)cc(c1O)Cc1cc(C)cc(c1O)Cc1cc(Br)cc(c1O)Cc1cc(C)cc(c1O)C2. The number of aromatic hydroxyl groups is 5. The first kappa shape index (κ1) is 31.1. The number of fused-ring (bicyclic) bond motifs is 10. The van der Waals surface area contributed by atoms with Crippen molar-refractivity contribution in [2.24, 2.45) is 0 Å². The molecule has 0 atom stereocenters. The second-order valence-electron chi connectivity index (χ2n) is 12.3. The second kappa shape index (κ2) is 12.1. The van der Waals surface area contributed by atoms with E-state index in [1.54, 1.807) is 0 Å². The summed E-state index contributed by atoms with van der Waals surface area (Å²) in [6.45, 7) is 5.88. The zero-order valence-corrected chi connectivity index (χ0v) is 28.5. The molecule has 0 unspecified atom stereocenters. The normalized spacial score (nSPS) is 13.0. The molecule has 7 heteroatoms. The Hall–Kier alpha value is -3.94. The van der Waals surface area contributed by atoms with Crippen LogP contribution in [0, 0.1) is 20.8 Å². The molecule has 5 aromatic rings. The third kappa shape index (κ3) is 6.29. The number of hydrogen-bond acceptors (Lipinski definition) is 5. The van der Waals surface area contributed by atoms with Crippen LogP contribution in [0.15, 0.2) is 69.6 Å². The maximum Gasteiger partial charge on any atom is 0.122 e. The molecule has 0 amide bonds. The van der Waals surface area contributed by atoms with Gasteiger partial charge in [0, 0.05) is 41.0 Å². The lowest BCUT2D eigenvalue weighted by atomic mass is 9.90. The molecular weight excluding hydrogens is 696 g/mol. The second-order valence-corrected chi connectivity index (χ2v) is 14.2. The monoisotopic (exact) mass is 728 g/mol. The van der Waals surface area contributed by atoms with Gasteiger partial charge in [0.15, 0.2) is 0 Å². The van der Waals surface area contributed by atoms with Crippen molar-refractivity contribution in [3.63, 3.8) is 0 Å². The van der Waals surface area contributed by atoms with Crippen LogP contribution in [0.1, 0.15) is 72.3 Å². The van der Waals surface area contributed by atoms with Crippen molar-refractivity contribution in [3.8, 4) is 28.7 Å². The molecule has 1 aliphatic rings. The van der Waals surface area contributed by atoms with Gasteiger partial charge in [0.2, 0.25) is 0 Å². The van der Waals surface area contributed by atoms with E-state index in [1.165, 1.54) is 0 Å². The maximum absolute atomic E-state index is 11.5. The fraction of sp³-hybridized carbons (Fsp3) is 0.211. The van der Waals surface area contributed by atoms with Crippen molar-refractivity contribution >= 4 is 31.9 Å². The first-order valence-electron chi connectivity index (χ1n) is 14.8. The van der Waals surface area contributed by atoms with Crippen molar-refractivity contribution in [3.05, 3.63) is 142 Å². The summed E-state index contributed by atoms with van der Waals surface area (Å²) in [4.78, 5) is 0. The molecule has 5 aromatic carbocycles. The van der Waals surface area contributed by atoms with E-state index in [2.05, 4.69) is 31.9 Å². The summed E-state index contributed by atoms with van der Waals surface area (Å²) >= 11 is 7.21. The quantitative estimate of drug-likeness (QED) is 0.108. The number of aryl methyl sites for hydroxylation is 3. The lowest BCUT2D eigenvalue weighted by Gasteiger charge is -2.18. The first-order valence-corrected chi connectivity index (χ1v) is 16.4. The first-order chi connectivity index (χ1) is 21.4. The van der Waals surface area contributed by atoms with E-state index in [0.717, 1.165) is 25.6 Å². The van der Waals surface area contributed by atoms with E-state index in [-0.39, 0.29) is 54.4 Å². The highest BCUT2D eigenvalue weighted by molar-refractivity contribution is 9.10. The molecule has 5 N–H and O–H groups in total. The van der Waals surface area contributed by atoms with Crippen LogP contribution in [0.4, 0.5) is 0 Å². The van der Waals surface area contributed by atoms with Crippen LogP contribution in [0.25, 0.3) is 0 Å². The van der Waals surface area contributed by atoms with Gasteiger partial charge in [0.05, 0.1) is 0 Å². The summed E-state index contributed by atoms with van der Waals surface area (Å²) in [6, 6.07) is 18.9. The number of rotatable bonds is 0. The molecule has 45 heavy (non-hydrogen) atoms. The van der Waals surface area contributed by atoms with Gasteiger partial charge in [-0.2, -0.15) is 0 Å². The van der Waals surface area contributed by atoms with Crippen LogP contribution in [-0.2, 0) is 32.1 Å². The number of benzene rings is 5.